The summed E-state index contributed by atoms with van der Waals surface area (Å²) in [6.45, 7) is 6.63. The van der Waals surface area contributed by atoms with Crippen LogP contribution in [0.4, 0.5) is 17.6 Å². The number of carbonyl (C=O) groups is 1. The van der Waals surface area contributed by atoms with E-state index in [-0.39, 0.29) is 70.6 Å². The summed E-state index contributed by atoms with van der Waals surface area (Å²) in [6.07, 6.45) is -1.13. The van der Waals surface area contributed by atoms with E-state index in [4.69, 9.17) is 14.2 Å². The van der Waals surface area contributed by atoms with Gasteiger partial charge in [0.2, 0.25) is 11.8 Å². The van der Waals surface area contributed by atoms with Crippen molar-refractivity contribution in [3.63, 3.8) is 0 Å². The molecule has 2 heterocycles. The Morgan fingerprint density at radius 1 is 1.04 bits per heavy atom. The fourth-order valence-corrected chi connectivity index (χ4v) is 7.53. The summed E-state index contributed by atoms with van der Waals surface area (Å²) in [5, 5.41) is -0.485. The van der Waals surface area contributed by atoms with Gasteiger partial charge in [-0.25, -0.2) is 22.8 Å². The summed E-state index contributed by atoms with van der Waals surface area (Å²) in [5.74, 6) is -0.982. The standard InChI is InChI=1S/C33H34F4N2O6S/c1-16-21(6-7-27(39-16)44-19-11-20(12-19)46(5,41)42)22-9-18(26(34)13-25(22)33(35,36)37)15-43-28-10-17-8-23-29(24(17)14-38-28)30(23)31(40)45-32(2,3)4/h6-7,9-10,13-14,19-20,23,29-30H,8,11-12,15H2,1-5H3/t19-,20-,23-,29-,30+/m1/s1. The number of pyridine rings is 2. The van der Waals surface area contributed by atoms with E-state index in [1.165, 1.54) is 25.3 Å². The highest BCUT2D eigenvalue weighted by Gasteiger charge is 2.61. The third-order valence-corrected chi connectivity index (χ3v) is 10.4. The molecule has 246 valence electrons. The molecule has 0 radical (unpaired) electrons. The van der Waals surface area contributed by atoms with Crippen LogP contribution >= 0.6 is 0 Å². The predicted octanol–water partition coefficient (Wildman–Crippen LogP) is 6.37. The van der Waals surface area contributed by atoms with Crippen LogP contribution in [0.25, 0.3) is 11.1 Å². The minimum Gasteiger partial charge on any atom is -0.474 e. The first-order valence-electron chi connectivity index (χ1n) is 15.0. The van der Waals surface area contributed by atoms with E-state index in [1.54, 1.807) is 12.3 Å². The Morgan fingerprint density at radius 3 is 2.39 bits per heavy atom. The number of nitrogens with zero attached hydrogens (tertiary/aromatic N) is 2. The number of carbonyl (C=O) groups excluding carboxylic acids is 1. The maximum atomic E-state index is 15.0. The third-order valence-electron chi connectivity index (χ3n) is 8.82. The summed E-state index contributed by atoms with van der Waals surface area (Å²) < 4.78 is 97.6. The van der Waals surface area contributed by atoms with Gasteiger partial charge in [0.05, 0.1) is 16.7 Å². The molecule has 1 aromatic carbocycles. The highest BCUT2D eigenvalue weighted by Crippen LogP contribution is 2.62. The SMILES string of the molecule is Cc1nc(O[C@H]2C[C@H](S(C)(=O)=O)C2)ccc1-c1cc(COc2cc3c(cn2)[C@H]2[C@@H](C3)[C@@H]2C(=O)OC(C)(C)C)c(F)cc1C(F)(F)F. The molecule has 46 heavy (non-hydrogen) atoms. The number of benzene rings is 1. The van der Waals surface area contributed by atoms with Crippen LogP contribution in [0.3, 0.4) is 0 Å². The molecule has 0 N–H and O–H groups in total. The predicted molar refractivity (Wildman–Crippen MR) is 159 cm³/mol. The van der Waals surface area contributed by atoms with Gasteiger partial charge in [0.25, 0.3) is 0 Å². The largest absolute Gasteiger partial charge is 0.474 e. The third kappa shape index (κ3) is 6.43. The van der Waals surface area contributed by atoms with Crippen molar-refractivity contribution in [2.24, 2.45) is 11.8 Å². The summed E-state index contributed by atoms with van der Waals surface area (Å²) in [4.78, 5) is 21.2. The van der Waals surface area contributed by atoms with Crippen molar-refractivity contribution in [1.29, 1.82) is 0 Å². The quantitative estimate of drug-likeness (QED) is 0.203. The number of aryl methyl sites for hydroxylation is 1. The van der Waals surface area contributed by atoms with Crippen molar-refractivity contribution in [3.8, 4) is 22.9 Å². The molecule has 6 rings (SSSR count). The molecule has 0 amide bonds. The Labute approximate surface area is 264 Å². The molecular formula is C33H34F4N2O6S. The number of hydrogen-bond donors (Lipinski definition) is 0. The zero-order valence-electron chi connectivity index (χ0n) is 25.9. The second kappa shape index (κ2) is 11.2. The van der Waals surface area contributed by atoms with Crippen LogP contribution in [0.5, 0.6) is 11.8 Å². The van der Waals surface area contributed by atoms with Crippen LogP contribution in [0.15, 0.2) is 36.5 Å². The lowest BCUT2D eigenvalue weighted by molar-refractivity contribution is -0.157. The molecule has 0 saturated heterocycles. The minimum atomic E-state index is -4.84. The van der Waals surface area contributed by atoms with Gasteiger partial charge in [-0.3, -0.25) is 4.79 Å². The molecule has 0 bridgehead atoms. The van der Waals surface area contributed by atoms with Gasteiger partial charge in [0.1, 0.15) is 24.1 Å². The zero-order valence-corrected chi connectivity index (χ0v) is 26.8. The lowest BCUT2D eigenvalue weighted by Crippen LogP contribution is -2.42. The first-order valence-corrected chi connectivity index (χ1v) is 16.9. The van der Waals surface area contributed by atoms with Crippen molar-refractivity contribution < 1.29 is 45.0 Å². The number of rotatable bonds is 8. The zero-order chi connectivity index (χ0) is 33.3. The maximum absolute atomic E-state index is 15.0. The van der Waals surface area contributed by atoms with Crippen molar-refractivity contribution in [2.75, 3.05) is 6.26 Å². The van der Waals surface area contributed by atoms with Gasteiger partial charge >= 0.3 is 12.1 Å². The van der Waals surface area contributed by atoms with Crippen LogP contribution in [-0.2, 0) is 38.6 Å². The number of sulfone groups is 1. The van der Waals surface area contributed by atoms with E-state index in [1.807, 2.05) is 20.8 Å². The number of hydrogen-bond acceptors (Lipinski definition) is 8. The second-order valence-corrected chi connectivity index (χ2v) is 15.7. The van der Waals surface area contributed by atoms with Crippen molar-refractivity contribution >= 4 is 15.8 Å². The molecule has 13 heteroatoms. The summed E-state index contributed by atoms with van der Waals surface area (Å²) in [5.41, 5.74) is 0.180. The van der Waals surface area contributed by atoms with Crippen LogP contribution in [-0.4, -0.2) is 47.6 Å². The van der Waals surface area contributed by atoms with Crippen LogP contribution in [0, 0.1) is 24.6 Å². The maximum Gasteiger partial charge on any atom is 0.417 e. The highest BCUT2D eigenvalue weighted by molar-refractivity contribution is 7.91. The molecule has 3 atom stereocenters. The molecular weight excluding hydrogens is 628 g/mol. The number of fused-ring (bicyclic) bond motifs is 3. The number of esters is 1. The normalized spacial score (nSPS) is 23.6. The molecule has 3 aliphatic rings. The molecule has 2 fully saturated rings. The topological polar surface area (TPSA) is 105 Å². The lowest BCUT2D eigenvalue weighted by Gasteiger charge is -2.33. The monoisotopic (exact) mass is 662 g/mol. The molecule has 2 saturated carbocycles. The van der Waals surface area contributed by atoms with E-state index in [2.05, 4.69) is 9.97 Å². The summed E-state index contributed by atoms with van der Waals surface area (Å²) in [6, 6.07) is 6.14. The van der Waals surface area contributed by atoms with E-state index in [9.17, 15) is 26.4 Å². The van der Waals surface area contributed by atoms with Gasteiger partial charge in [-0.05, 0) is 74.9 Å². The number of aromatic nitrogens is 2. The van der Waals surface area contributed by atoms with E-state index in [0.29, 0.717) is 25.3 Å². The first kappa shape index (κ1) is 32.2. The smallest absolute Gasteiger partial charge is 0.417 e. The number of alkyl halides is 3. The Kier molecular flexibility index (Phi) is 7.85. The summed E-state index contributed by atoms with van der Waals surface area (Å²) >= 11 is 0. The van der Waals surface area contributed by atoms with Crippen LogP contribution in [0.1, 0.15) is 67.5 Å². The van der Waals surface area contributed by atoms with Crippen molar-refractivity contribution in [1.82, 2.24) is 9.97 Å². The molecule has 8 nitrogen and oxygen atoms in total. The molecule has 0 unspecified atom stereocenters. The number of halogens is 4. The molecule has 3 aliphatic carbocycles. The molecule has 2 aromatic heterocycles. The fraction of sp³-hybridized carbons (Fsp3) is 0.485. The van der Waals surface area contributed by atoms with Gasteiger partial charge in [-0.15, -0.1) is 0 Å². The van der Waals surface area contributed by atoms with Gasteiger partial charge in [0, 0.05) is 60.2 Å². The fourth-order valence-electron chi connectivity index (χ4n) is 6.40. The van der Waals surface area contributed by atoms with Gasteiger partial charge in [-0.2, -0.15) is 13.2 Å². The van der Waals surface area contributed by atoms with E-state index >= 15 is 4.39 Å². The molecule has 3 aromatic rings. The lowest BCUT2D eigenvalue weighted by atomic mass is 9.95. The number of ether oxygens (including phenoxy) is 3. The highest BCUT2D eigenvalue weighted by atomic mass is 32.2. The van der Waals surface area contributed by atoms with Crippen molar-refractivity contribution in [2.45, 2.75) is 82.6 Å². The van der Waals surface area contributed by atoms with Crippen LogP contribution < -0.4 is 9.47 Å². The van der Waals surface area contributed by atoms with Gasteiger partial charge in [0.15, 0.2) is 9.84 Å². The van der Waals surface area contributed by atoms with E-state index < -0.39 is 38.2 Å². The first-order chi connectivity index (χ1) is 21.4. The Hall–Kier alpha value is -3.74. The van der Waals surface area contributed by atoms with E-state index in [0.717, 1.165) is 17.2 Å². The Bertz CT molecular complexity index is 1820. The minimum absolute atomic E-state index is 0.0353. The average Bonchev–Trinajstić information content (AvgIpc) is 3.49. The Morgan fingerprint density at radius 2 is 1.76 bits per heavy atom. The van der Waals surface area contributed by atoms with Crippen molar-refractivity contribution in [3.05, 3.63) is 70.3 Å². The molecule has 0 aliphatic heterocycles. The Balaban J connectivity index is 1.17. The average molecular weight is 663 g/mol. The van der Waals surface area contributed by atoms with Gasteiger partial charge < -0.3 is 14.2 Å². The molecule has 0 spiro atoms. The summed E-state index contributed by atoms with van der Waals surface area (Å²) in [7, 11) is -3.17. The second-order valence-electron chi connectivity index (χ2n) is 13.4. The van der Waals surface area contributed by atoms with Crippen LogP contribution in [0.2, 0.25) is 0 Å². The van der Waals surface area contributed by atoms with Gasteiger partial charge in [-0.1, -0.05) is 0 Å².